The molecule has 0 bridgehead atoms. The number of nitrogens with zero attached hydrogens (tertiary/aromatic N) is 2. The summed E-state index contributed by atoms with van der Waals surface area (Å²) in [7, 11) is 0. The molecule has 0 saturated carbocycles. The number of carbonyl (C=O) groups is 1. The zero-order valence-corrected chi connectivity index (χ0v) is 12.3. The highest BCUT2D eigenvalue weighted by Crippen LogP contribution is 2.23. The monoisotopic (exact) mass is 300 g/mol. The number of rotatable bonds is 4. The fraction of sp³-hybridized carbons (Fsp3) is 0.400. The fourth-order valence-electron chi connectivity index (χ4n) is 2.70. The molecule has 0 unspecified atom stereocenters. The van der Waals surface area contributed by atoms with Crippen molar-refractivity contribution in [1.82, 2.24) is 25.8 Å². The van der Waals surface area contributed by atoms with E-state index in [1.54, 1.807) is 0 Å². The molecule has 2 heterocycles. The molecule has 1 aliphatic heterocycles. The number of aromatic amines is 1. The number of aromatic nitrogens is 3. The van der Waals surface area contributed by atoms with Gasteiger partial charge in [0.1, 0.15) is 5.82 Å². The summed E-state index contributed by atoms with van der Waals surface area (Å²) in [6.07, 6.45) is 2.40. The van der Waals surface area contributed by atoms with Gasteiger partial charge in [-0.05, 0) is 43.0 Å². The third-order valence-electron chi connectivity index (χ3n) is 3.91. The molecule has 5 N–H and O–H groups in total. The number of nitrogens with two attached hydrogens (primary N) is 1. The number of nitrogens with one attached hydrogen (secondary N) is 3. The minimum absolute atomic E-state index is 0.136. The van der Waals surface area contributed by atoms with Crippen LogP contribution in [0.15, 0.2) is 24.3 Å². The second kappa shape index (κ2) is 6.57. The van der Waals surface area contributed by atoms with E-state index in [4.69, 9.17) is 5.73 Å². The van der Waals surface area contributed by atoms with Crippen LogP contribution in [0.5, 0.6) is 0 Å². The summed E-state index contributed by atoms with van der Waals surface area (Å²) in [4.78, 5) is 16.0. The summed E-state index contributed by atoms with van der Waals surface area (Å²) in [6.45, 7) is 2.39. The molecule has 1 amide bonds. The lowest BCUT2D eigenvalue weighted by Crippen LogP contribution is -2.28. The Labute approximate surface area is 128 Å². The average Bonchev–Trinajstić information content (AvgIpc) is 2.99. The van der Waals surface area contributed by atoms with E-state index in [0.717, 1.165) is 13.1 Å². The molecule has 0 spiro atoms. The molecule has 1 aromatic heterocycles. The van der Waals surface area contributed by atoms with Gasteiger partial charge in [0.2, 0.25) is 5.95 Å². The Morgan fingerprint density at radius 2 is 2.18 bits per heavy atom. The summed E-state index contributed by atoms with van der Waals surface area (Å²) >= 11 is 0. The molecule has 1 fully saturated rings. The van der Waals surface area contributed by atoms with Crippen molar-refractivity contribution >= 4 is 11.9 Å². The standard InChI is InChI=1S/C15H20N6O/c16-15-19-13(20-21-15)9-18-14(22)11-5-3-10(4-6-11)12-2-1-7-17-8-12/h3-6,12,17H,1-2,7-9H2,(H,18,22)(H3,16,19,20,21)/t12-/m0/s1. The van der Waals surface area contributed by atoms with Gasteiger partial charge in [-0.1, -0.05) is 12.1 Å². The predicted octanol–water partition coefficient (Wildman–Crippen LogP) is 0.784. The second-order valence-electron chi connectivity index (χ2n) is 5.49. The molecular weight excluding hydrogens is 280 g/mol. The maximum Gasteiger partial charge on any atom is 0.251 e. The van der Waals surface area contributed by atoms with Crippen LogP contribution in [-0.4, -0.2) is 34.2 Å². The molecule has 1 aliphatic rings. The number of H-pyrrole nitrogens is 1. The van der Waals surface area contributed by atoms with Gasteiger partial charge in [0.15, 0.2) is 0 Å². The van der Waals surface area contributed by atoms with E-state index in [1.165, 1.54) is 18.4 Å². The first-order valence-corrected chi connectivity index (χ1v) is 7.48. The number of amides is 1. The largest absolute Gasteiger partial charge is 0.367 e. The first-order valence-electron chi connectivity index (χ1n) is 7.48. The first kappa shape index (κ1) is 14.5. The van der Waals surface area contributed by atoms with Crippen LogP contribution in [0.3, 0.4) is 0 Å². The van der Waals surface area contributed by atoms with E-state index in [-0.39, 0.29) is 18.4 Å². The highest BCUT2D eigenvalue weighted by Gasteiger charge is 2.15. The predicted molar refractivity (Wildman–Crippen MR) is 83.3 cm³/mol. The fourth-order valence-corrected chi connectivity index (χ4v) is 2.70. The van der Waals surface area contributed by atoms with Crippen LogP contribution in [0.2, 0.25) is 0 Å². The number of carbonyl (C=O) groups excluding carboxylic acids is 1. The molecule has 0 aliphatic carbocycles. The Morgan fingerprint density at radius 1 is 1.36 bits per heavy atom. The van der Waals surface area contributed by atoms with Crippen LogP contribution < -0.4 is 16.4 Å². The van der Waals surface area contributed by atoms with Crippen molar-refractivity contribution in [1.29, 1.82) is 0 Å². The Balaban J connectivity index is 1.58. The third kappa shape index (κ3) is 3.43. The van der Waals surface area contributed by atoms with E-state index >= 15 is 0 Å². The number of nitrogen functional groups attached to an aromatic ring is 1. The Morgan fingerprint density at radius 3 is 2.82 bits per heavy atom. The van der Waals surface area contributed by atoms with Gasteiger partial charge in [-0.25, -0.2) is 0 Å². The molecule has 22 heavy (non-hydrogen) atoms. The lowest BCUT2D eigenvalue weighted by molar-refractivity contribution is 0.0950. The number of hydrogen-bond donors (Lipinski definition) is 4. The van der Waals surface area contributed by atoms with Gasteiger partial charge in [0.05, 0.1) is 6.54 Å². The topological polar surface area (TPSA) is 109 Å². The van der Waals surface area contributed by atoms with E-state index in [0.29, 0.717) is 17.3 Å². The van der Waals surface area contributed by atoms with E-state index in [2.05, 4.69) is 25.8 Å². The van der Waals surface area contributed by atoms with Crippen molar-refractivity contribution in [3.05, 3.63) is 41.2 Å². The Hall–Kier alpha value is -2.41. The Bertz CT molecular complexity index is 630. The molecule has 0 radical (unpaired) electrons. The second-order valence-corrected chi connectivity index (χ2v) is 5.49. The number of hydrogen-bond acceptors (Lipinski definition) is 5. The molecule has 1 saturated heterocycles. The van der Waals surface area contributed by atoms with Gasteiger partial charge in [-0.15, -0.1) is 5.10 Å². The number of benzene rings is 1. The molecular formula is C15H20N6O. The summed E-state index contributed by atoms with van der Waals surface area (Å²) < 4.78 is 0. The highest BCUT2D eigenvalue weighted by molar-refractivity contribution is 5.94. The van der Waals surface area contributed by atoms with Gasteiger partial charge in [-0.3, -0.25) is 9.89 Å². The number of anilines is 1. The minimum Gasteiger partial charge on any atom is -0.367 e. The molecule has 7 nitrogen and oxygen atoms in total. The summed E-state index contributed by atoms with van der Waals surface area (Å²) in [5, 5.41) is 12.6. The maximum atomic E-state index is 12.1. The maximum absolute atomic E-state index is 12.1. The molecule has 116 valence electrons. The van der Waals surface area contributed by atoms with Crippen molar-refractivity contribution < 1.29 is 4.79 Å². The lowest BCUT2D eigenvalue weighted by atomic mass is 9.91. The quantitative estimate of drug-likeness (QED) is 0.667. The molecule has 1 aromatic carbocycles. The average molecular weight is 300 g/mol. The van der Waals surface area contributed by atoms with Crippen molar-refractivity contribution in [3.8, 4) is 0 Å². The number of piperidine rings is 1. The van der Waals surface area contributed by atoms with Crippen LogP contribution >= 0.6 is 0 Å². The summed E-state index contributed by atoms with van der Waals surface area (Å²) in [5.74, 6) is 1.12. The molecule has 2 aromatic rings. The normalized spacial score (nSPS) is 18.1. The van der Waals surface area contributed by atoms with E-state index in [9.17, 15) is 4.79 Å². The lowest BCUT2D eigenvalue weighted by Gasteiger charge is -2.23. The van der Waals surface area contributed by atoms with Crippen molar-refractivity contribution in [2.45, 2.75) is 25.3 Å². The van der Waals surface area contributed by atoms with Crippen molar-refractivity contribution in [3.63, 3.8) is 0 Å². The zero-order valence-electron chi connectivity index (χ0n) is 12.3. The third-order valence-corrected chi connectivity index (χ3v) is 3.91. The van der Waals surface area contributed by atoms with Crippen LogP contribution in [0, 0.1) is 0 Å². The summed E-state index contributed by atoms with van der Waals surface area (Å²) in [6, 6.07) is 7.82. The van der Waals surface area contributed by atoms with Gasteiger partial charge in [0, 0.05) is 12.1 Å². The molecule has 1 atom stereocenters. The SMILES string of the molecule is Nc1n[nH]c(CNC(=O)c2ccc([C@H]3CCCNC3)cc2)n1. The van der Waals surface area contributed by atoms with Crippen molar-refractivity contribution in [2.24, 2.45) is 0 Å². The van der Waals surface area contributed by atoms with E-state index in [1.807, 2.05) is 24.3 Å². The first-order chi connectivity index (χ1) is 10.7. The molecule has 7 heteroatoms. The van der Waals surface area contributed by atoms with Crippen LogP contribution in [0.4, 0.5) is 5.95 Å². The highest BCUT2D eigenvalue weighted by atomic mass is 16.1. The van der Waals surface area contributed by atoms with Gasteiger partial charge >= 0.3 is 0 Å². The van der Waals surface area contributed by atoms with Crippen LogP contribution in [0.25, 0.3) is 0 Å². The zero-order chi connectivity index (χ0) is 15.4. The molecule has 3 rings (SSSR count). The van der Waals surface area contributed by atoms with Crippen LogP contribution in [-0.2, 0) is 6.54 Å². The van der Waals surface area contributed by atoms with E-state index < -0.39 is 0 Å². The van der Waals surface area contributed by atoms with Gasteiger partial charge < -0.3 is 16.4 Å². The van der Waals surface area contributed by atoms with Crippen LogP contribution in [0.1, 0.15) is 40.5 Å². The Kier molecular flexibility index (Phi) is 4.34. The van der Waals surface area contributed by atoms with Gasteiger partial charge in [0.25, 0.3) is 5.91 Å². The van der Waals surface area contributed by atoms with Gasteiger partial charge in [-0.2, -0.15) is 4.98 Å². The summed E-state index contributed by atoms with van der Waals surface area (Å²) in [5.41, 5.74) is 7.34. The minimum atomic E-state index is -0.136. The smallest absolute Gasteiger partial charge is 0.251 e. The van der Waals surface area contributed by atoms with Crippen molar-refractivity contribution in [2.75, 3.05) is 18.8 Å².